The van der Waals surface area contributed by atoms with E-state index in [1.807, 2.05) is 20.8 Å². The molecule has 0 radical (unpaired) electrons. The fourth-order valence-corrected chi connectivity index (χ4v) is 5.88. The van der Waals surface area contributed by atoms with Crippen LogP contribution in [-0.2, 0) is 6.42 Å². The van der Waals surface area contributed by atoms with Gasteiger partial charge in [-0.15, -0.1) is 12.8 Å². The predicted octanol–water partition coefficient (Wildman–Crippen LogP) is 14.5. The molecule has 1 atom stereocenters. The molecule has 0 aliphatic heterocycles. The lowest BCUT2D eigenvalue weighted by Crippen LogP contribution is -1.96. The molecule has 0 saturated heterocycles. The highest BCUT2D eigenvalue weighted by molar-refractivity contribution is 5.78. The van der Waals surface area contributed by atoms with E-state index in [-0.39, 0.29) is 0 Å². The Labute approximate surface area is 309 Å². The second-order valence-electron chi connectivity index (χ2n) is 12.7. The van der Waals surface area contributed by atoms with E-state index >= 15 is 0 Å². The number of benzene rings is 5. The minimum atomic E-state index is 0.512. The number of aryl methyl sites for hydroxylation is 1. The van der Waals surface area contributed by atoms with Gasteiger partial charge in [0.25, 0.3) is 0 Å². The van der Waals surface area contributed by atoms with Crippen molar-refractivity contribution in [1.82, 2.24) is 0 Å². The average molecular weight is 667 g/mol. The molecule has 0 fully saturated rings. The Balaban J connectivity index is 0.000000284. The highest BCUT2D eigenvalue weighted by atomic mass is 14.1. The van der Waals surface area contributed by atoms with Crippen LogP contribution >= 0.6 is 0 Å². The number of rotatable bonds is 7. The maximum atomic E-state index is 4.00. The molecule has 0 spiro atoms. The fraction of sp³-hybridized carbons (Fsp3) is 0.176. The third kappa shape index (κ3) is 11.7. The van der Waals surface area contributed by atoms with E-state index in [4.69, 9.17) is 0 Å². The van der Waals surface area contributed by atoms with Gasteiger partial charge in [-0.1, -0.05) is 190 Å². The molecular weight excluding hydrogens is 613 g/mol. The first-order valence-corrected chi connectivity index (χ1v) is 17.9. The summed E-state index contributed by atoms with van der Waals surface area (Å²) in [6, 6.07) is 45.6. The zero-order valence-electron chi connectivity index (χ0n) is 31.7. The molecule has 0 nitrogen and oxygen atoms in total. The third-order valence-corrected chi connectivity index (χ3v) is 8.67. The summed E-state index contributed by atoms with van der Waals surface area (Å²) in [6.07, 6.45) is 19.9. The minimum Gasteiger partial charge on any atom is -0.124 e. The summed E-state index contributed by atoms with van der Waals surface area (Å²) in [5.74, 6) is 0.512. The Morgan fingerprint density at radius 2 is 1.20 bits per heavy atom. The quantitative estimate of drug-likeness (QED) is 0.152. The molecular formula is C51H54. The number of hydrogen-bond donors (Lipinski definition) is 0. The minimum absolute atomic E-state index is 0.512. The number of hydrogen-bond acceptors (Lipinski definition) is 0. The van der Waals surface area contributed by atoms with Crippen LogP contribution in [-0.4, -0.2) is 0 Å². The van der Waals surface area contributed by atoms with Crippen LogP contribution in [0.5, 0.6) is 0 Å². The van der Waals surface area contributed by atoms with Gasteiger partial charge in [0.05, 0.1) is 0 Å². The Bertz CT molecular complexity index is 1980. The van der Waals surface area contributed by atoms with Crippen molar-refractivity contribution in [3.8, 4) is 35.1 Å². The smallest absolute Gasteiger partial charge is 0.00202 e. The zero-order valence-corrected chi connectivity index (χ0v) is 31.7. The Kier molecular flexibility index (Phi) is 16.2. The lowest BCUT2D eigenvalue weighted by atomic mass is 9.90. The van der Waals surface area contributed by atoms with Crippen LogP contribution in [0.15, 0.2) is 170 Å². The van der Waals surface area contributed by atoms with E-state index in [0.717, 1.165) is 12.0 Å². The first-order chi connectivity index (χ1) is 24.8. The summed E-state index contributed by atoms with van der Waals surface area (Å²) in [5.41, 5.74) is 16.7. The van der Waals surface area contributed by atoms with Crippen LogP contribution in [0, 0.1) is 25.7 Å². The van der Waals surface area contributed by atoms with E-state index in [0.29, 0.717) is 5.92 Å². The standard InChI is InChI=1S/C30H28.C17H18.C2H6.C2H2/c1-22(2)30(29-18-8-7-11-23(29)3)20-24-12-9-15-26(19-24)28-17-10-16-27(21-28)25-13-5-4-6-14-25;1-13(2)15-9-11-17(12-10-15)16-6-4-5-14(3)7-8-16;2*1-2/h4-19,21H,20H2,1-3H3;4-12,14H,1H2,2-3H3;1-2H3;1-2H. The predicted molar refractivity (Wildman–Crippen MR) is 228 cm³/mol. The molecule has 1 aliphatic rings. The summed E-state index contributed by atoms with van der Waals surface area (Å²) in [4.78, 5) is 0. The van der Waals surface area contributed by atoms with Crippen LogP contribution in [0.25, 0.3) is 39.0 Å². The molecule has 5 aromatic carbocycles. The first-order valence-electron chi connectivity index (χ1n) is 17.9. The highest BCUT2D eigenvalue weighted by Crippen LogP contribution is 2.30. The third-order valence-electron chi connectivity index (χ3n) is 8.67. The summed E-state index contributed by atoms with van der Waals surface area (Å²) in [7, 11) is 0. The molecule has 5 aromatic rings. The molecule has 6 rings (SSSR count). The molecule has 0 heterocycles. The molecule has 0 saturated carbocycles. The largest absolute Gasteiger partial charge is 0.124 e. The van der Waals surface area contributed by atoms with Gasteiger partial charge in [-0.3, -0.25) is 0 Å². The number of allylic oxidation sites excluding steroid dienone is 9. The molecule has 1 unspecified atom stereocenters. The van der Waals surface area contributed by atoms with Gasteiger partial charge in [0.2, 0.25) is 0 Å². The molecule has 1 aliphatic carbocycles. The zero-order chi connectivity index (χ0) is 37.2. The molecule has 0 bridgehead atoms. The van der Waals surface area contributed by atoms with Crippen molar-refractivity contribution in [2.75, 3.05) is 0 Å². The Morgan fingerprint density at radius 3 is 1.82 bits per heavy atom. The van der Waals surface area contributed by atoms with Gasteiger partial charge in [-0.05, 0) is 107 Å². The molecule has 0 N–H and O–H groups in total. The number of terminal acetylenes is 1. The van der Waals surface area contributed by atoms with Crippen molar-refractivity contribution < 1.29 is 0 Å². The topological polar surface area (TPSA) is 0 Å². The van der Waals surface area contributed by atoms with Gasteiger partial charge in [0, 0.05) is 0 Å². The summed E-state index contributed by atoms with van der Waals surface area (Å²) >= 11 is 0. The van der Waals surface area contributed by atoms with Gasteiger partial charge < -0.3 is 0 Å². The van der Waals surface area contributed by atoms with E-state index in [2.05, 4.69) is 205 Å². The van der Waals surface area contributed by atoms with Gasteiger partial charge in [-0.2, -0.15) is 0 Å². The molecule has 0 amide bonds. The molecule has 258 valence electrons. The monoisotopic (exact) mass is 666 g/mol. The van der Waals surface area contributed by atoms with Crippen molar-refractivity contribution in [2.45, 2.75) is 54.9 Å². The summed E-state index contributed by atoms with van der Waals surface area (Å²) in [5, 5.41) is 0. The summed E-state index contributed by atoms with van der Waals surface area (Å²) in [6.45, 7) is 18.8. The Hall–Kier alpha value is -5.64. The van der Waals surface area contributed by atoms with Crippen molar-refractivity contribution >= 4 is 16.7 Å². The van der Waals surface area contributed by atoms with E-state index in [1.54, 1.807) is 0 Å². The van der Waals surface area contributed by atoms with Gasteiger partial charge in [0.15, 0.2) is 0 Å². The fourth-order valence-electron chi connectivity index (χ4n) is 5.88. The second-order valence-corrected chi connectivity index (χ2v) is 12.7. The maximum absolute atomic E-state index is 4.00. The van der Waals surface area contributed by atoms with E-state index in [1.165, 1.54) is 66.8 Å². The Morgan fingerprint density at radius 1 is 0.627 bits per heavy atom. The van der Waals surface area contributed by atoms with Crippen LogP contribution in [0.4, 0.5) is 0 Å². The van der Waals surface area contributed by atoms with Crippen LogP contribution in [0.2, 0.25) is 0 Å². The van der Waals surface area contributed by atoms with Crippen LogP contribution in [0.1, 0.15) is 69.4 Å². The van der Waals surface area contributed by atoms with Gasteiger partial charge in [0.1, 0.15) is 0 Å². The van der Waals surface area contributed by atoms with Gasteiger partial charge >= 0.3 is 0 Å². The second kappa shape index (κ2) is 20.8. The molecule has 0 aromatic heterocycles. The molecule has 0 heteroatoms. The lowest BCUT2D eigenvalue weighted by Gasteiger charge is -2.14. The molecule has 51 heavy (non-hydrogen) atoms. The van der Waals surface area contributed by atoms with Crippen molar-refractivity contribution in [3.63, 3.8) is 0 Å². The lowest BCUT2D eigenvalue weighted by molar-refractivity contribution is 0.943. The normalized spacial score (nSPS) is 12.6. The SMILES string of the molecule is C#C.C=C(C)c1ccc(C2=CC=CC(C)C=C2)cc1.CC.CC(C)=C(Cc1cccc(-c2cccc(-c3ccccc3)c2)c1)c1ccccc1C. The van der Waals surface area contributed by atoms with E-state index in [9.17, 15) is 0 Å². The van der Waals surface area contributed by atoms with E-state index < -0.39 is 0 Å². The highest BCUT2D eigenvalue weighted by Gasteiger charge is 2.10. The maximum Gasteiger partial charge on any atom is -0.00202 e. The van der Waals surface area contributed by atoms with Crippen molar-refractivity contribution in [2.24, 2.45) is 5.92 Å². The van der Waals surface area contributed by atoms with Crippen LogP contribution < -0.4 is 0 Å². The van der Waals surface area contributed by atoms with Crippen LogP contribution in [0.3, 0.4) is 0 Å². The average Bonchev–Trinajstić information content (AvgIpc) is 3.41. The van der Waals surface area contributed by atoms with Gasteiger partial charge in [-0.25, -0.2) is 0 Å². The van der Waals surface area contributed by atoms with Crippen molar-refractivity contribution in [1.29, 1.82) is 0 Å². The first kappa shape index (κ1) is 39.8. The van der Waals surface area contributed by atoms with Crippen molar-refractivity contribution in [3.05, 3.63) is 198 Å². The summed E-state index contributed by atoms with van der Waals surface area (Å²) < 4.78 is 0.